The van der Waals surface area contributed by atoms with E-state index in [1.165, 1.54) is 30.3 Å². The van der Waals surface area contributed by atoms with E-state index in [2.05, 4.69) is 0 Å². The number of carboxylic acids is 1. The molecule has 0 saturated heterocycles. The Kier molecular flexibility index (Phi) is 5.91. The third-order valence-corrected chi connectivity index (χ3v) is 5.09. The summed E-state index contributed by atoms with van der Waals surface area (Å²) in [4.78, 5) is 24.4. The summed E-state index contributed by atoms with van der Waals surface area (Å²) in [6.07, 6.45) is 3.06. The summed E-state index contributed by atoms with van der Waals surface area (Å²) >= 11 is 1.61. The lowest BCUT2D eigenvalue weighted by Gasteiger charge is -2.12. The number of carbonyl (C=O) groups is 2. The van der Waals surface area contributed by atoms with Gasteiger partial charge in [-0.15, -0.1) is 11.3 Å². The molecule has 6 heteroatoms. The second-order valence-corrected chi connectivity index (χ2v) is 6.80. The highest BCUT2D eigenvalue weighted by Crippen LogP contribution is 2.37. The number of hydrogen-bond acceptors (Lipinski definition) is 5. The summed E-state index contributed by atoms with van der Waals surface area (Å²) in [5, 5.41) is 10.9. The first-order valence-corrected chi connectivity index (χ1v) is 9.27. The molecular formula is C22H18O5S. The number of aromatic carboxylic acids is 1. The molecule has 1 heterocycles. The van der Waals surface area contributed by atoms with Gasteiger partial charge in [-0.1, -0.05) is 18.2 Å². The van der Waals surface area contributed by atoms with Crippen molar-refractivity contribution in [2.75, 3.05) is 14.2 Å². The Morgan fingerprint density at radius 2 is 1.57 bits per heavy atom. The molecule has 5 nitrogen and oxygen atoms in total. The van der Waals surface area contributed by atoms with Crippen molar-refractivity contribution in [2.24, 2.45) is 0 Å². The predicted octanol–water partition coefficient (Wildman–Crippen LogP) is 5.03. The van der Waals surface area contributed by atoms with E-state index < -0.39 is 5.97 Å². The molecule has 0 radical (unpaired) electrons. The number of methoxy groups -OCH3 is 2. The third kappa shape index (κ3) is 4.13. The molecule has 0 atom stereocenters. The minimum atomic E-state index is -1.03. The number of carboxylic acid groups (broad SMARTS) is 1. The molecule has 1 N–H and O–H groups in total. The van der Waals surface area contributed by atoms with Gasteiger partial charge in [0.2, 0.25) is 0 Å². The van der Waals surface area contributed by atoms with Crippen LogP contribution in [0.2, 0.25) is 0 Å². The fourth-order valence-corrected chi connectivity index (χ4v) is 3.44. The molecule has 0 aliphatic rings. The molecular weight excluding hydrogens is 376 g/mol. The Labute approximate surface area is 166 Å². The number of rotatable bonds is 7. The van der Waals surface area contributed by atoms with Gasteiger partial charge in [0.1, 0.15) is 11.5 Å². The third-order valence-electron chi connectivity index (χ3n) is 4.17. The van der Waals surface area contributed by atoms with Crippen molar-refractivity contribution in [1.82, 2.24) is 0 Å². The van der Waals surface area contributed by atoms with Crippen molar-refractivity contribution in [3.63, 3.8) is 0 Å². The largest absolute Gasteiger partial charge is 0.496 e. The van der Waals surface area contributed by atoms with Crippen LogP contribution in [0.4, 0.5) is 0 Å². The zero-order valence-electron chi connectivity index (χ0n) is 15.3. The molecule has 2 aromatic carbocycles. The van der Waals surface area contributed by atoms with Gasteiger partial charge in [-0.2, -0.15) is 0 Å². The Balaban J connectivity index is 1.92. The molecule has 0 fully saturated rings. The summed E-state index contributed by atoms with van der Waals surface area (Å²) in [6, 6.07) is 13.6. The highest BCUT2D eigenvalue weighted by Gasteiger charge is 2.13. The van der Waals surface area contributed by atoms with Crippen molar-refractivity contribution in [2.45, 2.75) is 0 Å². The average molecular weight is 394 g/mol. The molecule has 28 heavy (non-hydrogen) atoms. The lowest BCUT2D eigenvalue weighted by Crippen LogP contribution is -1.99. The minimum absolute atomic E-state index is 0.132. The van der Waals surface area contributed by atoms with E-state index in [1.807, 2.05) is 29.6 Å². The SMILES string of the molecule is COc1cc(-c2cccs2)cc(OC)c1/C=C/C(=O)c1ccc(C(=O)O)cc1. The van der Waals surface area contributed by atoms with Crippen LogP contribution in [0, 0.1) is 0 Å². The van der Waals surface area contributed by atoms with Crippen molar-refractivity contribution in [3.05, 3.63) is 76.7 Å². The number of allylic oxidation sites excluding steroid dienone is 1. The molecule has 0 aliphatic heterocycles. The first-order valence-electron chi connectivity index (χ1n) is 8.39. The summed E-state index contributed by atoms with van der Waals surface area (Å²) in [7, 11) is 3.13. The minimum Gasteiger partial charge on any atom is -0.496 e. The lowest BCUT2D eigenvalue weighted by atomic mass is 10.0. The van der Waals surface area contributed by atoms with Crippen molar-refractivity contribution < 1.29 is 24.2 Å². The maximum absolute atomic E-state index is 12.4. The van der Waals surface area contributed by atoms with E-state index >= 15 is 0 Å². The summed E-state index contributed by atoms with van der Waals surface area (Å²) in [6.45, 7) is 0. The van der Waals surface area contributed by atoms with Crippen molar-refractivity contribution in [1.29, 1.82) is 0 Å². The molecule has 0 aliphatic carbocycles. The normalized spacial score (nSPS) is 10.8. The van der Waals surface area contributed by atoms with Crippen molar-refractivity contribution >= 4 is 29.2 Å². The highest BCUT2D eigenvalue weighted by atomic mass is 32.1. The number of hydrogen-bond donors (Lipinski definition) is 1. The van der Waals surface area contributed by atoms with E-state index in [-0.39, 0.29) is 11.3 Å². The van der Waals surface area contributed by atoms with E-state index in [0.29, 0.717) is 22.6 Å². The second-order valence-electron chi connectivity index (χ2n) is 5.85. The van der Waals surface area contributed by atoms with Gasteiger partial charge < -0.3 is 14.6 Å². The van der Waals surface area contributed by atoms with Gasteiger partial charge in [0.15, 0.2) is 5.78 Å². The van der Waals surface area contributed by atoms with Crippen LogP contribution in [-0.4, -0.2) is 31.1 Å². The number of carbonyl (C=O) groups excluding carboxylic acids is 1. The van der Waals surface area contributed by atoms with Gasteiger partial charge in [-0.3, -0.25) is 4.79 Å². The zero-order valence-corrected chi connectivity index (χ0v) is 16.2. The van der Waals surface area contributed by atoms with Crippen LogP contribution >= 0.6 is 11.3 Å². The van der Waals surface area contributed by atoms with Crippen LogP contribution in [0.1, 0.15) is 26.3 Å². The first kappa shape index (κ1) is 19.4. The summed E-state index contributed by atoms with van der Waals surface area (Å²) in [5.41, 5.74) is 2.15. The molecule has 3 aromatic rings. The Morgan fingerprint density at radius 3 is 2.07 bits per heavy atom. The molecule has 3 rings (SSSR count). The molecule has 0 bridgehead atoms. The monoisotopic (exact) mass is 394 g/mol. The van der Waals surface area contributed by atoms with Crippen molar-refractivity contribution in [3.8, 4) is 21.9 Å². The Morgan fingerprint density at radius 1 is 0.964 bits per heavy atom. The number of thiophene rings is 1. The van der Waals surface area contributed by atoms with Gasteiger partial charge >= 0.3 is 5.97 Å². The van der Waals surface area contributed by atoms with Gasteiger partial charge in [0, 0.05) is 10.4 Å². The molecule has 0 saturated carbocycles. The van der Waals surface area contributed by atoms with E-state index in [4.69, 9.17) is 14.6 Å². The fraction of sp³-hybridized carbons (Fsp3) is 0.0909. The highest BCUT2D eigenvalue weighted by molar-refractivity contribution is 7.13. The van der Waals surface area contributed by atoms with Crippen LogP contribution in [0.3, 0.4) is 0 Å². The molecule has 1 aromatic heterocycles. The van der Waals surface area contributed by atoms with Crippen LogP contribution in [0.5, 0.6) is 11.5 Å². The van der Waals surface area contributed by atoms with Crippen LogP contribution in [0.25, 0.3) is 16.5 Å². The van der Waals surface area contributed by atoms with Gasteiger partial charge in [0.25, 0.3) is 0 Å². The van der Waals surface area contributed by atoms with Gasteiger partial charge in [-0.25, -0.2) is 4.79 Å². The maximum Gasteiger partial charge on any atom is 0.335 e. The standard InChI is InChI=1S/C22H18O5S/c1-26-19-12-16(21-4-3-11-28-21)13-20(27-2)17(19)9-10-18(23)14-5-7-15(8-6-14)22(24)25/h3-13H,1-2H3,(H,24,25)/b10-9+. The molecule has 0 spiro atoms. The number of benzene rings is 2. The molecule has 142 valence electrons. The molecule has 0 unspecified atom stereocenters. The van der Waals surface area contributed by atoms with Gasteiger partial charge in [-0.05, 0) is 53.4 Å². The first-order chi connectivity index (χ1) is 13.5. The van der Waals surface area contributed by atoms with Crippen LogP contribution < -0.4 is 9.47 Å². The zero-order chi connectivity index (χ0) is 20.1. The number of ketones is 1. The fourth-order valence-electron chi connectivity index (χ4n) is 2.72. The quantitative estimate of drug-likeness (QED) is 0.450. The van der Waals surface area contributed by atoms with E-state index in [1.54, 1.807) is 31.6 Å². The predicted molar refractivity (Wildman–Crippen MR) is 110 cm³/mol. The lowest BCUT2D eigenvalue weighted by molar-refractivity contribution is 0.0696. The van der Waals surface area contributed by atoms with E-state index in [0.717, 1.165) is 10.4 Å². The Bertz CT molecular complexity index is 993. The smallest absolute Gasteiger partial charge is 0.335 e. The Hall–Kier alpha value is -3.38. The molecule has 0 amide bonds. The average Bonchev–Trinajstić information content (AvgIpc) is 3.26. The number of ether oxygens (including phenoxy) is 2. The van der Waals surface area contributed by atoms with Gasteiger partial charge in [0.05, 0.1) is 25.3 Å². The van der Waals surface area contributed by atoms with Crippen LogP contribution in [0.15, 0.2) is 60.0 Å². The second kappa shape index (κ2) is 8.54. The maximum atomic E-state index is 12.4. The topological polar surface area (TPSA) is 72.8 Å². The summed E-state index contributed by atoms with van der Waals surface area (Å²) < 4.78 is 11.0. The van der Waals surface area contributed by atoms with Crippen LogP contribution in [-0.2, 0) is 0 Å². The van der Waals surface area contributed by atoms with E-state index in [9.17, 15) is 9.59 Å². The summed E-state index contributed by atoms with van der Waals surface area (Å²) in [5.74, 6) is -0.0979.